The van der Waals surface area contributed by atoms with Crippen LogP contribution < -0.4 is 5.32 Å². The molecule has 9 heteroatoms. The third-order valence-electron chi connectivity index (χ3n) is 4.15. The SMILES string of the molecule is CCOCCCNC(=O)c1ccc(Cl)c(S(=O)(=O)N2C[C@@H](C)O[C@H](C)C2)c1. The standard InChI is InChI=1S/C18H27ClN2O5S/c1-4-25-9-5-8-20-18(22)15-6-7-16(19)17(10-15)27(23,24)21-11-13(2)26-14(3)12-21/h6-7,10,13-14H,4-5,8-9,11-12H2,1-3H3,(H,20,22)/t13-,14-/m1/s1. The first kappa shape index (κ1) is 22.1. The number of hydrogen-bond donors (Lipinski definition) is 1. The van der Waals surface area contributed by atoms with Crippen molar-refractivity contribution >= 4 is 27.5 Å². The molecule has 1 heterocycles. The van der Waals surface area contributed by atoms with Gasteiger partial charge in [0.1, 0.15) is 4.90 Å². The number of nitrogens with one attached hydrogen (secondary N) is 1. The van der Waals surface area contributed by atoms with Gasteiger partial charge in [-0.2, -0.15) is 4.31 Å². The fourth-order valence-electron chi connectivity index (χ4n) is 2.93. The lowest BCUT2D eigenvalue weighted by Crippen LogP contribution is -2.48. The van der Waals surface area contributed by atoms with Crippen molar-refractivity contribution in [3.63, 3.8) is 0 Å². The van der Waals surface area contributed by atoms with Crippen molar-refractivity contribution in [1.82, 2.24) is 9.62 Å². The first-order chi connectivity index (χ1) is 12.8. The number of carbonyl (C=O) groups excluding carboxylic acids is 1. The van der Waals surface area contributed by atoms with E-state index in [-0.39, 0.29) is 46.7 Å². The van der Waals surface area contributed by atoms with Crippen molar-refractivity contribution in [1.29, 1.82) is 0 Å². The Balaban J connectivity index is 2.15. The zero-order valence-electron chi connectivity index (χ0n) is 15.9. The molecular formula is C18H27ClN2O5S. The topological polar surface area (TPSA) is 84.9 Å². The normalized spacial score (nSPS) is 21.2. The maximum Gasteiger partial charge on any atom is 0.251 e. The Bertz CT molecular complexity index is 746. The van der Waals surface area contributed by atoms with Gasteiger partial charge in [-0.3, -0.25) is 4.79 Å². The number of ether oxygens (including phenoxy) is 2. The van der Waals surface area contributed by atoms with Crippen molar-refractivity contribution in [2.75, 3.05) is 32.8 Å². The Morgan fingerprint density at radius 1 is 1.33 bits per heavy atom. The van der Waals surface area contributed by atoms with Crippen molar-refractivity contribution in [2.45, 2.75) is 44.3 Å². The van der Waals surface area contributed by atoms with Crippen LogP contribution in [0.4, 0.5) is 0 Å². The minimum Gasteiger partial charge on any atom is -0.382 e. The number of halogens is 1. The third-order valence-corrected chi connectivity index (χ3v) is 6.47. The summed E-state index contributed by atoms with van der Waals surface area (Å²) in [6.45, 7) is 7.69. The highest BCUT2D eigenvalue weighted by Crippen LogP contribution is 2.28. The number of amides is 1. The van der Waals surface area contributed by atoms with Crippen LogP contribution in [-0.4, -0.2) is 63.7 Å². The Labute approximate surface area is 166 Å². The monoisotopic (exact) mass is 418 g/mol. The summed E-state index contributed by atoms with van der Waals surface area (Å²) in [7, 11) is -3.83. The summed E-state index contributed by atoms with van der Waals surface area (Å²) in [6.07, 6.45) is 0.264. The summed E-state index contributed by atoms with van der Waals surface area (Å²) in [6, 6.07) is 4.29. The number of sulfonamides is 1. The van der Waals surface area contributed by atoms with E-state index in [0.29, 0.717) is 26.2 Å². The van der Waals surface area contributed by atoms with Crippen LogP contribution in [-0.2, 0) is 19.5 Å². The molecule has 1 saturated heterocycles. The van der Waals surface area contributed by atoms with Gasteiger partial charge in [0.15, 0.2) is 0 Å². The van der Waals surface area contributed by atoms with Crippen LogP contribution in [0.2, 0.25) is 5.02 Å². The first-order valence-corrected chi connectivity index (χ1v) is 10.9. The first-order valence-electron chi connectivity index (χ1n) is 9.06. The summed E-state index contributed by atoms with van der Waals surface area (Å²) in [4.78, 5) is 12.3. The highest BCUT2D eigenvalue weighted by Gasteiger charge is 2.33. The van der Waals surface area contributed by atoms with Crippen molar-refractivity contribution in [3.8, 4) is 0 Å². The van der Waals surface area contributed by atoms with Gasteiger partial charge in [-0.25, -0.2) is 8.42 Å². The molecule has 0 aromatic heterocycles. The predicted octanol–water partition coefficient (Wildman–Crippen LogP) is 2.29. The van der Waals surface area contributed by atoms with Gasteiger partial charge >= 0.3 is 0 Å². The second kappa shape index (κ2) is 9.84. The zero-order chi connectivity index (χ0) is 20.0. The van der Waals surface area contributed by atoms with Crippen LogP contribution >= 0.6 is 11.6 Å². The maximum atomic E-state index is 13.0. The van der Waals surface area contributed by atoms with E-state index in [1.54, 1.807) is 0 Å². The molecular weight excluding hydrogens is 392 g/mol. The average molecular weight is 419 g/mol. The fourth-order valence-corrected chi connectivity index (χ4v) is 5.02. The molecule has 0 spiro atoms. The lowest BCUT2D eigenvalue weighted by atomic mass is 10.2. The summed E-state index contributed by atoms with van der Waals surface area (Å²) in [5.74, 6) is -0.344. The van der Waals surface area contributed by atoms with Crippen LogP contribution in [0, 0.1) is 0 Å². The van der Waals surface area contributed by atoms with Crippen LogP contribution in [0.25, 0.3) is 0 Å². The number of nitrogens with zero attached hydrogens (tertiary/aromatic N) is 1. The predicted molar refractivity (Wildman–Crippen MR) is 104 cm³/mol. The molecule has 1 aromatic rings. The molecule has 152 valence electrons. The molecule has 2 atom stereocenters. The van der Waals surface area contributed by atoms with E-state index in [1.807, 2.05) is 20.8 Å². The van der Waals surface area contributed by atoms with Gasteiger partial charge in [-0.1, -0.05) is 11.6 Å². The summed E-state index contributed by atoms with van der Waals surface area (Å²) >= 11 is 6.15. The van der Waals surface area contributed by atoms with E-state index in [9.17, 15) is 13.2 Å². The van der Waals surface area contributed by atoms with Gasteiger partial charge in [0.2, 0.25) is 10.0 Å². The lowest BCUT2D eigenvalue weighted by molar-refractivity contribution is -0.0440. The second-order valence-electron chi connectivity index (χ2n) is 6.53. The smallest absolute Gasteiger partial charge is 0.251 e. The number of morpholine rings is 1. The second-order valence-corrected chi connectivity index (χ2v) is 8.84. The Morgan fingerprint density at radius 2 is 2.00 bits per heavy atom. The number of hydrogen-bond acceptors (Lipinski definition) is 5. The zero-order valence-corrected chi connectivity index (χ0v) is 17.5. The molecule has 2 rings (SSSR count). The number of carbonyl (C=O) groups is 1. The van der Waals surface area contributed by atoms with Crippen LogP contribution in [0.1, 0.15) is 37.6 Å². The fraction of sp³-hybridized carbons (Fsp3) is 0.611. The molecule has 1 fully saturated rings. The van der Waals surface area contributed by atoms with Crippen LogP contribution in [0.3, 0.4) is 0 Å². The van der Waals surface area contributed by atoms with Crippen LogP contribution in [0.5, 0.6) is 0 Å². The molecule has 0 bridgehead atoms. The molecule has 1 aliphatic heterocycles. The van der Waals surface area contributed by atoms with Crippen molar-refractivity contribution < 1.29 is 22.7 Å². The molecule has 0 aliphatic carbocycles. The quantitative estimate of drug-likeness (QED) is 0.655. The average Bonchev–Trinajstić information content (AvgIpc) is 2.60. The lowest BCUT2D eigenvalue weighted by Gasteiger charge is -2.34. The number of benzene rings is 1. The van der Waals surface area contributed by atoms with E-state index in [0.717, 1.165) is 0 Å². The van der Waals surface area contributed by atoms with E-state index in [2.05, 4.69) is 5.32 Å². The summed E-state index contributed by atoms with van der Waals surface area (Å²) < 4.78 is 38.3. The molecule has 1 aliphatic rings. The highest BCUT2D eigenvalue weighted by molar-refractivity contribution is 7.89. The number of rotatable bonds is 8. The third kappa shape index (κ3) is 5.89. The van der Waals surface area contributed by atoms with E-state index < -0.39 is 10.0 Å². The summed E-state index contributed by atoms with van der Waals surface area (Å²) in [5.41, 5.74) is 0.253. The highest BCUT2D eigenvalue weighted by atomic mass is 35.5. The minimum absolute atomic E-state index is 0.0626. The van der Waals surface area contributed by atoms with Crippen molar-refractivity contribution in [3.05, 3.63) is 28.8 Å². The molecule has 7 nitrogen and oxygen atoms in total. The molecule has 0 radical (unpaired) electrons. The van der Waals surface area contributed by atoms with Gasteiger partial charge in [0, 0.05) is 38.4 Å². The van der Waals surface area contributed by atoms with Crippen LogP contribution in [0.15, 0.2) is 23.1 Å². The molecule has 0 unspecified atom stereocenters. The van der Waals surface area contributed by atoms with Gasteiger partial charge in [-0.15, -0.1) is 0 Å². The Morgan fingerprint density at radius 3 is 2.63 bits per heavy atom. The molecule has 1 aromatic carbocycles. The van der Waals surface area contributed by atoms with Crippen molar-refractivity contribution in [2.24, 2.45) is 0 Å². The summed E-state index contributed by atoms with van der Waals surface area (Å²) in [5, 5.41) is 2.85. The van der Waals surface area contributed by atoms with Gasteiger partial charge in [0.05, 0.1) is 17.2 Å². The molecule has 0 saturated carbocycles. The molecule has 1 N–H and O–H groups in total. The Hall–Kier alpha value is -1.19. The molecule has 27 heavy (non-hydrogen) atoms. The maximum absolute atomic E-state index is 13.0. The minimum atomic E-state index is -3.83. The molecule has 1 amide bonds. The largest absolute Gasteiger partial charge is 0.382 e. The van der Waals surface area contributed by atoms with Gasteiger partial charge in [0.25, 0.3) is 5.91 Å². The van der Waals surface area contributed by atoms with E-state index in [1.165, 1.54) is 22.5 Å². The van der Waals surface area contributed by atoms with E-state index >= 15 is 0 Å². The van der Waals surface area contributed by atoms with Gasteiger partial charge < -0.3 is 14.8 Å². The van der Waals surface area contributed by atoms with E-state index in [4.69, 9.17) is 21.1 Å². The Kier molecular flexibility index (Phi) is 8.05. The van der Waals surface area contributed by atoms with Gasteiger partial charge in [-0.05, 0) is 45.4 Å².